The number of carbonyl (C=O) groups excluding carboxylic acids is 1. The summed E-state index contributed by atoms with van der Waals surface area (Å²) in [6, 6.07) is 9.76. The Kier molecular flexibility index (Phi) is 5.42. The number of aromatic nitrogens is 2. The predicted molar refractivity (Wildman–Crippen MR) is 129 cm³/mol. The minimum atomic E-state index is -0.623. The number of ether oxygens (including phenoxy) is 5. The van der Waals surface area contributed by atoms with E-state index in [1.54, 1.807) is 11.7 Å². The molecule has 2 atom stereocenters. The van der Waals surface area contributed by atoms with Crippen molar-refractivity contribution >= 4 is 5.97 Å². The first-order chi connectivity index (χ1) is 16.6. The number of benzene rings is 2. The van der Waals surface area contributed by atoms with Crippen molar-refractivity contribution in [3.63, 3.8) is 0 Å². The van der Waals surface area contributed by atoms with Crippen molar-refractivity contribution in [1.82, 2.24) is 9.55 Å². The van der Waals surface area contributed by atoms with E-state index in [0.29, 0.717) is 34.5 Å². The fourth-order valence-electron chi connectivity index (χ4n) is 4.59. The highest BCUT2D eigenvalue weighted by molar-refractivity contribution is 5.95. The lowest BCUT2D eigenvalue weighted by atomic mass is 9.91. The third kappa shape index (κ3) is 3.96. The van der Waals surface area contributed by atoms with Gasteiger partial charge in [-0.15, -0.1) is 0 Å². The maximum atomic E-state index is 13.1. The van der Waals surface area contributed by atoms with Gasteiger partial charge in [-0.1, -0.05) is 13.0 Å². The molecule has 8 nitrogen and oxygen atoms in total. The van der Waals surface area contributed by atoms with Crippen LogP contribution in [0.25, 0.3) is 11.3 Å². The van der Waals surface area contributed by atoms with Gasteiger partial charge in [0.2, 0.25) is 6.79 Å². The maximum Gasteiger partial charge on any atom is 0.357 e. The highest BCUT2D eigenvalue weighted by Crippen LogP contribution is 2.52. The second kappa shape index (κ2) is 8.22. The molecule has 0 saturated carbocycles. The van der Waals surface area contributed by atoms with Gasteiger partial charge < -0.3 is 28.3 Å². The normalized spacial score (nSPS) is 18.3. The Morgan fingerprint density at radius 1 is 1.14 bits per heavy atom. The fourth-order valence-corrected chi connectivity index (χ4v) is 4.59. The summed E-state index contributed by atoms with van der Waals surface area (Å²) in [6.45, 7) is 9.75. The molecule has 0 amide bonds. The number of imidazole rings is 1. The first-order valence-electron chi connectivity index (χ1n) is 11.6. The summed E-state index contributed by atoms with van der Waals surface area (Å²) >= 11 is 0. The van der Waals surface area contributed by atoms with Crippen LogP contribution in [-0.2, 0) is 11.8 Å². The molecule has 1 aromatic heterocycles. The number of aryl methyl sites for hydroxylation is 1. The first kappa shape index (κ1) is 23.1. The molecule has 0 spiro atoms. The fraction of sp³-hybridized carbons (Fsp3) is 0.407. The Labute approximate surface area is 204 Å². The summed E-state index contributed by atoms with van der Waals surface area (Å²) in [6.07, 6.45) is -0.223. The Hall–Kier alpha value is -3.68. The molecule has 2 aliphatic heterocycles. The van der Waals surface area contributed by atoms with Crippen LogP contribution in [0.4, 0.5) is 0 Å². The summed E-state index contributed by atoms with van der Waals surface area (Å²) < 4.78 is 30.6. The van der Waals surface area contributed by atoms with Gasteiger partial charge in [-0.3, -0.25) is 0 Å². The average molecular weight is 479 g/mol. The Morgan fingerprint density at radius 3 is 2.60 bits per heavy atom. The largest absolute Gasteiger partial charge is 0.493 e. The zero-order valence-electron chi connectivity index (χ0n) is 21.1. The van der Waals surface area contributed by atoms with E-state index in [0.717, 1.165) is 22.4 Å². The summed E-state index contributed by atoms with van der Waals surface area (Å²) in [5.74, 6) is 3.04. The van der Waals surface area contributed by atoms with Crippen molar-refractivity contribution in [1.29, 1.82) is 0 Å². The molecule has 3 aromatic rings. The Bertz CT molecular complexity index is 1320. The van der Waals surface area contributed by atoms with E-state index in [2.05, 4.69) is 6.92 Å². The van der Waals surface area contributed by atoms with Crippen molar-refractivity contribution in [2.75, 3.05) is 13.9 Å². The van der Waals surface area contributed by atoms with Crippen LogP contribution in [0.3, 0.4) is 0 Å². The van der Waals surface area contributed by atoms with Crippen LogP contribution in [0.5, 0.6) is 23.0 Å². The van der Waals surface area contributed by atoms with E-state index in [1.165, 1.54) is 0 Å². The van der Waals surface area contributed by atoms with Gasteiger partial charge in [-0.05, 0) is 57.5 Å². The Morgan fingerprint density at radius 2 is 1.89 bits per heavy atom. The van der Waals surface area contributed by atoms with Crippen molar-refractivity contribution < 1.29 is 28.5 Å². The molecule has 0 bridgehead atoms. The van der Waals surface area contributed by atoms with Gasteiger partial charge in [0.05, 0.1) is 7.11 Å². The molecule has 2 aliphatic rings. The number of carbonyl (C=O) groups is 1. The van der Waals surface area contributed by atoms with Gasteiger partial charge in [0.15, 0.2) is 28.7 Å². The van der Waals surface area contributed by atoms with Crippen LogP contribution in [0.1, 0.15) is 67.2 Å². The molecule has 5 rings (SSSR count). The molecule has 0 unspecified atom stereocenters. The van der Waals surface area contributed by atoms with Gasteiger partial charge in [0.1, 0.15) is 23.2 Å². The van der Waals surface area contributed by atoms with Crippen LogP contribution in [0.15, 0.2) is 30.3 Å². The lowest BCUT2D eigenvalue weighted by Gasteiger charge is -2.20. The van der Waals surface area contributed by atoms with Crippen LogP contribution < -0.4 is 18.9 Å². The molecule has 0 aliphatic carbocycles. The van der Waals surface area contributed by atoms with Crippen LogP contribution >= 0.6 is 0 Å². The van der Waals surface area contributed by atoms with Crippen LogP contribution in [0, 0.1) is 6.92 Å². The molecule has 0 saturated heterocycles. The summed E-state index contributed by atoms with van der Waals surface area (Å²) in [7, 11) is 3.43. The molecular formula is C27H30N2O6. The number of hydrogen-bond donors (Lipinski definition) is 0. The van der Waals surface area contributed by atoms with Crippen molar-refractivity contribution in [3.05, 3.63) is 53.0 Å². The zero-order chi connectivity index (χ0) is 25.1. The molecule has 0 fully saturated rings. The molecule has 0 radical (unpaired) electrons. The molecule has 8 heteroatoms. The van der Waals surface area contributed by atoms with Gasteiger partial charge in [-0.25, -0.2) is 9.78 Å². The van der Waals surface area contributed by atoms with Crippen LogP contribution in [0.2, 0.25) is 0 Å². The van der Waals surface area contributed by atoms with E-state index in [9.17, 15) is 4.79 Å². The zero-order valence-corrected chi connectivity index (χ0v) is 21.1. The van der Waals surface area contributed by atoms with Crippen LogP contribution in [-0.4, -0.2) is 35.0 Å². The number of rotatable bonds is 4. The third-order valence-electron chi connectivity index (χ3n) is 6.40. The molecule has 3 heterocycles. The smallest absolute Gasteiger partial charge is 0.357 e. The summed E-state index contributed by atoms with van der Waals surface area (Å²) in [4.78, 5) is 17.8. The quantitative estimate of drug-likeness (QED) is 0.469. The average Bonchev–Trinajstić information content (AvgIpc) is 3.48. The van der Waals surface area contributed by atoms with Gasteiger partial charge in [0, 0.05) is 24.1 Å². The lowest BCUT2D eigenvalue weighted by molar-refractivity contribution is 0.00596. The van der Waals surface area contributed by atoms with Crippen molar-refractivity contribution in [3.8, 4) is 34.3 Å². The highest BCUT2D eigenvalue weighted by Gasteiger charge is 2.37. The standard InChI is InChI=1S/C27H30N2O6/c1-14-18-10-17(22-23(29(6)15(2)28-22)26(30)35-27(3,4)5)12-21(31-7)25(18)34-24(14)16-8-9-19-20(11-16)33-13-32-19/h8-12,14,24H,13H2,1-7H3/t14-,24-/m1/s1. The predicted octanol–water partition coefficient (Wildman–Crippen LogP) is 5.33. The minimum Gasteiger partial charge on any atom is -0.493 e. The molecular weight excluding hydrogens is 448 g/mol. The molecule has 0 N–H and O–H groups in total. The van der Waals surface area contributed by atoms with Crippen molar-refractivity contribution in [2.45, 2.75) is 52.2 Å². The van der Waals surface area contributed by atoms with Gasteiger partial charge >= 0.3 is 5.97 Å². The van der Waals surface area contributed by atoms with E-state index >= 15 is 0 Å². The second-order valence-corrected chi connectivity index (χ2v) is 9.95. The summed E-state index contributed by atoms with van der Waals surface area (Å²) in [5, 5.41) is 0. The number of fused-ring (bicyclic) bond motifs is 2. The molecule has 184 valence electrons. The monoisotopic (exact) mass is 478 g/mol. The number of esters is 1. The van der Waals surface area contributed by atoms with Crippen molar-refractivity contribution in [2.24, 2.45) is 7.05 Å². The highest BCUT2D eigenvalue weighted by atomic mass is 16.7. The number of hydrogen-bond acceptors (Lipinski definition) is 7. The molecule has 2 aromatic carbocycles. The van der Waals surface area contributed by atoms with E-state index in [4.69, 9.17) is 28.7 Å². The minimum absolute atomic E-state index is 0.0222. The second-order valence-electron chi connectivity index (χ2n) is 9.95. The SMILES string of the molecule is COc1cc(-c2nc(C)n(C)c2C(=O)OC(C)(C)C)cc2c1O[C@@H](c1ccc3c(c1)OCO3)[C@@H]2C. The van der Waals surface area contributed by atoms with E-state index < -0.39 is 11.6 Å². The number of nitrogens with zero attached hydrogens (tertiary/aromatic N) is 2. The van der Waals surface area contributed by atoms with Gasteiger partial charge in [0.25, 0.3) is 0 Å². The first-order valence-corrected chi connectivity index (χ1v) is 11.6. The lowest BCUT2D eigenvalue weighted by Crippen LogP contribution is -2.25. The van der Waals surface area contributed by atoms with E-state index in [-0.39, 0.29) is 18.8 Å². The Balaban J connectivity index is 1.56. The number of methoxy groups -OCH3 is 1. The molecule has 35 heavy (non-hydrogen) atoms. The topological polar surface area (TPSA) is 81.0 Å². The van der Waals surface area contributed by atoms with Gasteiger partial charge in [-0.2, -0.15) is 0 Å². The summed E-state index contributed by atoms with van der Waals surface area (Å²) in [5.41, 5.74) is 3.08. The van der Waals surface area contributed by atoms with E-state index in [1.807, 2.05) is 65.1 Å². The third-order valence-corrected chi connectivity index (χ3v) is 6.40. The maximum absolute atomic E-state index is 13.1.